The lowest BCUT2D eigenvalue weighted by molar-refractivity contribution is -0.140. The van der Waals surface area contributed by atoms with Gasteiger partial charge >= 0.3 is 0 Å². The van der Waals surface area contributed by atoms with E-state index in [1.807, 2.05) is 51.1 Å². The van der Waals surface area contributed by atoms with Gasteiger partial charge in [-0.15, -0.1) is 0 Å². The topological polar surface area (TPSA) is 96.0 Å². The number of nitrogens with one attached hydrogen (secondary N) is 1. The van der Waals surface area contributed by atoms with Crippen molar-refractivity contribution in [3.8, 4) is 5.75 Å². The lowest BCUT2D eigenvalue weighted by Crippen LogP contribution is -2.56. The predicted octanol–water partition coefficient (Wildman–Crippen LogP) is 5.32. The number of hydrogen-bond acceptors (Lipinski definition) is 5. The summed E-state index contributed by atoms with van der Waals surface area (Å²) in [6.07, 6.45) is 1.23. The standard InChI is InChI=1S/C30H35Cl2N3O5S/c1-30(2,3)33-29(37)26(17-21-9-7-6-8-10-21)34(19-22-11-13-23(31)14-12-22)28(36)20-35(41(5,38)39)24-15-16-27(40-4)25(32)18-24/h6-16,18,26H,17,19-20H2,1-5H3,(H,33,37). The zero-order valence-corrected chi connectivity index (χ0v) is 26.1. The molecule has 0 spiro atoms. The first-order valence-electron chi connectivity index (χ1n) is 12.9. The van der Waals surface area contributed by atoms with Crippen LogP contribution in [-0.4, -0.2) is 56.6 Å². The fourth-order valence-electron chi connectivity index (χ4n) is 4.22. The fraction of sp³-hybridized carbons (Fsp3) is 0.333. The summed E-state index contributed by atoms with van der Waals surface area (Å²) in [5, 5.41) is 3.70. The highest BCUT2D eigenvalue weighted by Crippen LogP contribution is 2.30. The summed E-state index contributed by atoms with van der Waals surface area (Å²) in [6, 6.07) is 19.8. The van der Waals surface area contributed by atoms with Crippen molar-refractivity contribution in [2.45, 2.75) is 45.3 Å². The zero-order valence-electron chi connectivity index (χ0n) is 23.7. The molecule has 3 aromatic carbocycles. The van der Waals surface area contributed by atoms with Crippen LogP contribution in [0.1, 0.15) is 31.9 Å². The number of carbonyl (C=O) groups is 2. The van der Waals surface area contributed by atoms with Crippen LogP contribution >= 0.6 is 23.2 Å². The van der Waals surface area contributed by atoms with Crippen molar-refractivity contribution >= 4 is 50.7 Å². The van der Waals surface area contributed by atoms with Gasteiger partial charge in [-0.2, -0.15) is 0 Å². The summed E-state index contributed by atoms with van der Waals surface area (Å²) in [7, 11) is -2.48. The van der Waals surface area contributed by atoms with E-state index in [9.17, 15) is 18.0 Å². The molecule has 0 aromatic heterocycles. The number of hydrogen-bond donors (Lipinski definition) is 1. The average Bonchev–Trinajstić information content (AvgIpc) is 2.89. The number of halogens is 2. The van der Waals surface area contributed by atoms with Gasteiger partial charge < -0.3 is 15.0 Å². The molecule has 3 rings (SSSR count). The molecule has 3 aromatic rings. The molecule has 0 fully saturated rings. The Bertz CT molecular complexity index is 1460. The lowest BCUT2D eigenvalue weighted by atomic mass is 10.0. The van der Waals surface area contributed by atoms with Crippen LogP contribution in [0.25, 0.3) is 0 Å². The Kier molecular flexibility index (Phi) is 10.7. The fourth-order valence-corrected chi connectivity index (χ4v) is 5.44. The number of methoxy groups -OCH3 is 1. The molecule has 1 N–H and O–H groups in total. The maximum Gasteiger partial charge on any atom is 0.244 e. The molecular weight excluding hydrogens is 585 g/mol. The Hall–Kier alpha value is -3.27. The third kappa shape index (κ3) is 9.38. The molecule has 0 aliphatic rings. The lowest BCUT2D eigenvalue weighted by Gasteiger charge is -2.35. The highest BCUT2D eigenvalue weighted by molar-refractivity contribution is 7.92. The average molecular weight is 621 g/mol. The Morgan fingerprint density at radius 3 is 2.12 bits per heavy atom. The molecule has 41 heavy (non-hydrogen) atoms. The van der Waals surface area contributed by atoms with E-state index >= 15 is 0 Å². The van der Waals surface area contributed by atoms with Crippen LogP contribution in [0.2, 0.25) is 10.0 Å². The minimum atomic E-state index is -3.93. The smallest absolute Gasteiger partial charge is 0.244 e. The monoisotopic (exact) mass is 619 g/mol. The van der Waals surface area contributed by atoms with Gasteiger partial charge in [-0.05, 0) is 62.2 Å². The molecule has 220 valence electrons. The SMILES string of the molecule is COc1ccc(N(CC(=O)N(Cc2ccc(Cl)cc2)C(Cc2ccccc2)C(=O)NC(C)(C)C)S(C)(=O)=O)cc1Cl. The predicted molar refractivity (Wildman–Crippen MR) is 164 cm³/mol. The van der Waals surface area contributed by atoms with Gasteiger partial charge in [0, 0.05) is 23.5 Å². The minimum absolute atomic E-state index is 0.0477. The summed E-state index contributed by atoms with van der Waals surface area (Å²) in [6.45, 7) is 5.06. The van der Waals surface area contributed by atoms with E-state index in [-0.39, 0.29) is 29.6 Å². The maximum absolute atomic E-state index is 14.1. The number of sulfonamides is 1. The van der Waals surface area contributed by atoms with Crippen molar-refractivity contribution in [3.63, 3.8) is 0 Å². The second-order valence-electron chi connectivity index (χ2n) is 10.7. The first-order valence-corrected chi connectivity index (χ1v) is 15.5. The molecule has 0 heterocycles. The van der Waals surface area contributed by atoms with Gasteiger partial charge in [0.25, 0.3) is 0 Å². The van der Waals surface area contributed by atoms with E-state index in [1.165, 1.54) is 30.2 Å². The molecule has 0 saturated carbocycles. The third-order valence-electron chi connectivity index (χ3n) is 6.14. The van der Waals surface area contributed by atoms with Gasteiger partial charge in [0.2, 0.25) is 21.8 Å². The second kappa shape index (κ2) is 13.6. The summed E-state index contributed by atoms with van der Waals surface area (Å²) >= 11 is 12.4. The molecule has 8 nitrogen and oxygen atoms in total. The quantitative estimate of drug-likeness (QED) is 0.313. The largest absolute Gasteiger partial charge is 0.495 e. The first-order chi connectivity index (χ1) is 19.2. The summed E-state index contributed by atoms with van der Waals surface area (Å²) in [4.78, 5) is 29.3. The number of amides is 2. The van der Waals surface area contributed by atoms with Gasteiger partial charge in [0.05, 0.1) is 24.1 Å². The van der Waals surface area contributed by atoms with Crippen LogP contribution < -0.4 is 14.4 Å². The van der Waals surface area contributed by atoms with Crippen LogP contribution in [0.15, 0.2) is 72.8 Å². The number of anilines is 1. The Balaban J connectivity index is 2.08. The van der Waals surface area contributed by atoms with E-state index in [2.05, 4.69) is 5.32 Å². The highest BCUT2D eigenvalue weighted by atomic mass is 35.5. The molecule has 0 bridgehead atoms. The third-order valence-corrected chi connectivity index (χ3v) is 7.83. The molecular formula is C30H35Cl2N3O5S. The Labute approximate surface area is 252 Å². The first kappa shape index (κ1) is 32.2. The molecule has 0 aliphatic heterocycles. The summed E-state index contributed by atoms with van der Waals surface area (Å²) < 4.78 is 32.0. The Morgan fingerprint density at radius 1 is 0.951 bits per heavy atom. The van der Waals surface area contributed by atoms with Gasteiger partial charge in [-0.1, -0.05) is 65.7 Å². The van der Waals surface area contributed by atoms with Crippen molar-refractivity contribution in [2.24, 2.45) is 0 Å². The number of ether oxygens (including phenoxy) is 1. The van der Waals surface area contributed by atoms with Crippen LogP contribution in [-0.2, 0) is 32.6 Å². The molecule has 2 amide bonds. The molecule has 0 saturated heterocycles. The van der Waals surface area contributed by atoms with Crippen molar-refractivity contribution in [1.29, 1.82) is 0 Å². The summed E-state index contributed by atoms with van der Waals surface area (Å²) in [5.74, 6) is -0.564. The number of carbonyl (C=O) groups excluding carboxylic acids is 2. The van der Waals surface area contributed by atoms with Crippen LogP contribution in [0.3, 0.4) is 0 Å². The van der Waals surface area contributed by atoms with E-state index in [0.717, 1.165) is 21.7 Å². The highest BCUT2D eigenvalue weighted by Gasteiger charge is 2.34. The second-order valence-corrected chi connectivity index (χ2v) is 13.4. The van der Waals surface area contributed by atoms with Crippen molar-refractivity contribution < 1.29 is 22.7 Å². The van der Waals surface area contributed by atoms with Gasteiger partial charge in [-0.3, -0.25) is 13.9 Å². The zero-order chi connectivity index (χ0) is 30.4. The van der Waals surface area contributed by atoms with Crippen molar-refractivity contribution in [1.82, 2.24) is 10.2 Å². The molecule has 1 atom stereocenters. The van der Waals surface area contributed by atoms with E-state index in [1.54, 1.807) is 24.3 Å². The number of rotatable bonds is 11. The van der Waals surface area contributed by atoms with Crippen LogP contribution in [0.4, 0.5) is 5.69 Å². The van der Waals surface area contributed by atoms with Crippen LogP contribution in [0, 0.1) is 0 Å². The van der Waals surface area contributed by atoms with Crippen molar-refractivity contribution in [3.05, 3.63) is 94.0 Å². The van der Waals surface area contributed by atoms with Crippen LogP contribution in [0.5, 0.6) is 5.75 Å². The van der Waals surface area contributed by atoms with E-state index in [0.29, 0.717) is 10.8 Å². The van der Waals surface area contributed by atoms with E-state index < -0.39 is 34.1 Å². The number of benzene rings is 3. The van der Waals surface area contributed by atoms with Crippen molar-refractivity contribution in [2.75, 3.05) is 24.2 Å². The summed E-state index contributed by atoms with van der Waals surface area (Å²) in [5.41, 5.74) is 1.19. The van der Waals surface area contributed by atoms with Gasteiger partial charge in [0.1, 0.15) is 18.3 Å². The van der Waals surface area contributed by atoms with Gasteiger partial charge in [0.15, 0.2) is 0 Å². The molecule has 11 heteroatoms. The maximum atomic E-state index is 14.1. The normalized spacial score (nSPS) is 12.4. The molecule has 1 unspecified atom stereocenters. The number of nitrogens with zero attached hydrogens (tertiary/aromatic N) is 2. The van der Waals surface area contributed by atoms with Gasteiger partial charge in [-0.25, -0.2) is 8.42 Å². The van der Waals surface area contributed by atoms with E-state index in [4.69, 9.17) is 27.9 Å². The Morgan fingerprint density at radius 2 is 1.59 bits per heavy atom. The minimum Gasteiger partial charge on any atom is -0.495 e. The molecule has 0 radical (unpaired) electrons. The molecule has 0 aliphatic carbocycles.